The van der Waals surface area contributed by atoms with E-state index in [-0.39, 0.29) is 0 Å². The molecule has 0 bridgehead atoms. The third kappa shape index (κ3) is 5.28. The number of pyridine rings is 2. The number of benzene rings is 1. The summed E-state index contributed by atoms with van der Waals surface area (Å²) in [6.45, 7) is 3.89. The molecule has 0 radical (unpaired) electrons. The van der Waals surface area contributed by atoms with Gasteiger partial charge in [-0.25, -0.2) is 4.98 Å². The van der Waals surface area contributed by atoms with Crippen LogP contribution in [0, 0.1) is 18.8 Å². The second-order valence-electron chi connectivity index (χ2n) is 8.63. The standard InChI is InChI=1S/C26H23F3N6/c1-17-23-11-19(14-31-25(23)34-33-17)5-4-18-10-22(15-30-13-18)32-21-7-6-20(16-35-8-2-3-9-35)24(12-21)26(27,28)29/h6-7,10-15,32H,2-3,8-9,16H2,1H3,(H,31,33,34). The molecule has 1 aromatic carbocycles. The van der Waals surface area contributed by atoms with Crippen LogP contribution in [0.3, 0.4) is 0 Å². The van der Waals surface area contributed by atoms with Gasteiger partial charge in [0.15, 0.2) is 5.65 Å². The summed E-state index contributed by atoms with van der Waals surface area (Å²) in [4.78, 5) is 10.5. The lowest BCUT2D eigenvalue weighted by atomic mass is 10.1. The molecule has 35 heavy (non-hydrogen) atoms. The maximum Gasteiger partial charge on any atom is 0.416 e. The molecule has 1 aliphatic heterocycles. The van der Waals surface area contributed by atoms with Gasteiger partial charge in [-0.15, -0.1) is 0 Å². The van der Waals surface area contributed by atoms with Crippen LogP contribution in [0.2, 0.25) is 0 Å². The highest BCUT2D eigenvalue weighted by Crippen LogP contribution is 2.35. The number of fused-ring (bicyclic) bond motifs is 1. The normalized spacial score (nSPS) is 14.2. The number of nitrogens with zero attached hydrogens (tertiary/aromatic N) is 4. The van der Waals surface area contributed by atoms with E-state index in [1.165, 1.54) is 0 Å². The van der Waals surface area contributed by atoms with Crippen LogP contribution in [0.5, 0.6) is 0 Å². The highest BCUT2D eigenvalue weighted by molar-refractivity contribution is 5.78. The minimum atomic E-state index is -4.43. The summed E-state index contributed by atoms with van der Waals surface area (Å²) in [5.74, 6) is 6.10. The Labute approximate surface area is 200 Å². The molecule has 0 saturated carbocycles. The molecule has 5 rings (SSSR count). The van der Waals surface area contributed by atoms with E-state index in [2.05, 4.69) is 42.2 Å². The van der Waals surface area contributed by atoms with Gasteiger partial charge in [0.2, 0.25) is 0 Å². The molecule has 1 fully saturated rings. The maximum atomic E-state index is 13.8. The van der Waals surface area contributed by atoms with Gasteiger partial charge >= 0.3 is 6.18 Å². The molecular formula is C26H23F3N6. The Hall–Kier alpha value is -3.90. The number of aromatic nitrogens is 4. The van der Waals surface area contributed by atoms with E-state index in [1.54, 1.807) is 36.8 Å². The van der Waals surface area contributed by atoms with Crippen molar-refractivity contribution in [1.82, 2.24) is 25.1 Å². The summed E-state index contributed by atoms with van der Waals surface area (Å²) in [5, 5.41) is 10.9. The third-order valence-electron chi connectivity index (χ3n) is 5.99. The van der Waals surface area contributed by atoms with E-state index in [9.17, 15) is 13.2 Å². The zero-order valence-corrected chi connectivity index (χ0v) is 19.1. The monoisotopic (exact) mass is 476 g/mol. The van der Waals surface area contributed by atoms with Crippen LogP contribution in [0.15, 0.2) is 48.9 Å². The predicted octanol–water partition coefficient (Wildman–Crippen LogP) is 5.42. The molecule has 0 spiro atoms. The Morgan fingerprint density at radius 3 is 2.54 bits per heavy atom. The van der Waals surface area contributed by atoms with Crippen molar-refractivity contribution in [2.24, 2.45) is 0 Å². The van der Waals surface area contributed by atoms with Gasteiger partial charge in [0.1, 0.15) is 0 Å². The second-order valence-corrected chi connectivity index (χ2v) is 8.63. The molecule has 178 valence electrons. The fourth-order valence-electron chi connectivity index (χ4n) is 4.21. The number of nitrogens with one attached hydrogen (secondary N) is 2. The molecule has 0 unspecified atom stereocenters. The van der Waals surface area contributed by atoms with Crippen molar-refractivity contribution in [2.75, 3.05) is 18.4 Å². The Balaban J connectivity index is 1.36. The summed E-state index contributed by atoms with van der Waals surface area (Å²) in [6, 6.07) is 8.05. The van der Waals surface area contributed by atoms with Crippen molar-refractivity contribution in [3.8, 4) is 11.8 Å². The topological polar surface area (TPSA) is 69.7 Å². The highest BCUT2D eigenvalue weighted by atomic mass is 19.4. The van der Waals surface area contributed by atoms with Crippen molar-refractivity contribution >= 4 is 22.4 Å². The van der Waals surface area contributed by atoms with Gasteiger partial charge < -0.3 is 5.32 Å². The fourth-order valence-corrected chi connectivity index (χ4v) is 4.21. The number of hydrogen-bond acceptors (Lipinski definition) is 5. The molecule has 0 amide bonds. The van der Waals surface area contributed by atoms with Gasteiger partial charge in [-0.2, -0.15) is 18.3 Å². The van der Waals surface area contributed by atoms with E-state index in [4.69, 9.17) is 0 Å². The average Bonchev–Trinajstić information content (AvgIpc) is 3.48. The fraction of sp³-hybridized carbons (Fsp3) is 0.269. The van der Waals surface area contributed by atoms with Crippen molar-refractivity contribution in [2.45, 2.75) is 32.5 Å². The zero-order valence-electron chi connectivity index (χ0n) is 19.1. The van der Waals surface area contributed by atoms with Gasteiger partial charge in [0.25, 0.3) is 0 Å². The summed E-state index contributed by atoms with van der Waals surface area (Å²) < 4.78 is 41.3. The first-order valence-corrected chi connectivity index (χ1v) is 11.3. The van der Waals surface area contributed by atoms with Gasteiger partial charge in [0, 0.05) is 46.8 Å². The van der Waals surface area contributed by atoms with E-state index in [0.717, 1.165) is 48.6 Å². The first-order valence-electron chi connectivity index (χ1n) is 11.3. The van der Waals surface area contributed by atoms with Gasteiger partial charge in [-0.05, 0) is 62.7 Å². The number of rotatable bonds is 4. The smallest absolute Gasteiger partial charge is 0.354 e. The van der Waals surface area contributed by atoms with Gasteiger partial charge in [-0.1, -0.05) is 17.9 Å². The maximum absolute atomic E-state index is 13.8. The number of halogens is 3. The summed E-state index contributed by atoms with van der Waals surface area (Å²) in [5.41, 5.74) is 3.47. The highest BCUT2D eigenvalue weighted by Gasteiger charge is 2.34. The second kappa shape index (κ2) is 9.39. The van der Waals surface area contributed by atoms with E-state index in [1.807, 2.05) is 13.0 Å². The van der Waals surface area contributed by atoms with Crippen LogP contribution in [-0.4, -0.2) is 38.2 Å². The number of hydrogen-bond donors (Lipinski definition) is 2. The summed E-state index contributed by atoms with van der Waals surface area (Å²) >= 11 is 0. The third-order valence-corrected chi connectivity index (χ3v) is 5.99. The van der Waals surface area contributed by atoms with E-state index < -0.39 is 11.7 Å². The summed E-state index contributed by atoms with van der Waals surface area (Å²) in [6.07, 6.45) is 2.43. The minimum absolute atomic E-state index is 0.293. The van der Waals surface area contributed by atoms with Crippen molar-refractivity contribution in [3.05, 3.63) is 76.9 Å². The van der Waals surface area contributed by atoms with Crippen molar-refractivity contribution in [1.29, 1.82) is 0 Å². The molecule has 0 atom stereocenters. The van der Waals surface area contributed by atoms with E-state index >= 15 is 0 Å². The number of aryl methyl sites for hydroxylation is 1. The van der Waals surface area contributed by atoms with Crippen LogP contribution in [0.1, 0.15) is 40.8 Å². The summed E-state index contributed by atoms with van der Waals surface area (Å²) in [7, 11) is 0. The zero-order chi connectivity index (χ0) is 24.4. The molecule has 4 aromatic rings. The molecule has 3 aromatic heterocycles. The van der Waals surface area contributed by atoms with Crippen LogP contribution >= 0.6 is 0 Å². The number of H-pyrrole nitrogens is 1. The van der Waals surface area contributed by atoms with Crippen molar-refractivity contribution < 1.29 is 13.2 Å². The predicted molar refractivity (Wildman–Crippen MR) is 128 cm³/mol. The first kappa shape index (κ1) is 22.9. The molecule has 0 aliphatic carbocycles. The molecular weight excluding hydrogens is 453 g/mol. The average molecular weight is 477 g/mol. The van der Waals surface area contributed by atoms with Crippen LogP contribution in [0.4, 0.5) is 24.5 Å². The van der Waals surface area contributed by atoms with Crippen LogP contribution < -0.4 is 5.32 Å². The number of alkyl halides is 3. The number of aromatic amines is 1. The number of likely N-dealkylation sites (tertiary alicyclic amines) is 1. The van der Waals surface area contributed by atoms with Crippen LogP contribution in [-0.2, 0) is 12.7 Å². The molecule has 9 heteroatoms. The lowest BCUT2D eigenvalue weighted by Crippen LogP contribution is -2.21. The molecule has 4 heterocycles. The minimum Gasteiger partial charge on any atom is -0.354 e. The first-order chi connectivity index (χ1) is 16.8. The Morgan fingerprint density at radius 1 is 1.00 bits per heavy atom. The van der Waals surface area contributed by atoms with E-state index in [0.29, 0.717) is 34.7 Å². The molecule has 1 aliphatic rings. The number of anilines is 2. The molecule has 6 nitrogen and oxygen atoms in total. The molecule has 2 N–H and O–H groups in total. The Bertz CT molecular complexity index is 1420. The Morgan fingerprint density at radius 2 is 1.77 bits per heavy atom. The molecule has 1 saturated heterocycles. The van der Waals surface area contributed by atoms with Crippen molar-refractivity contribution in [3.63, 3.8) is 0 Å². The van der Waals surface area contributed by atoms with Gasteiger partial charge in [0.05, 0.1) is 17.4 Å². The lowest BCUT2D eigenvalue weighted by Gasteiger charge is -2.20. The Kier molecular flexibility index (Phi) is 6.14. The lowest BCUT2D eigenvalue weighted by molar-refractivity contribution is -0.138. The SMILES string of the molecule is Cc1[nH]nc2ncc(C#Cc3cncc(Nc4ccc(CN5CCCC5)c(C(F)(F)F)c4)c3)cc12. The largest absolute Gasteiger partial charge is 0.416 e. The van der Waals surface area contributed by atoms with Crippen LogP contribution in [0.25, 0.3) is 11.0 Å². The van der Waals surface area contributed by atoms with Gasteiger partial charge in [-0.3, -0.25) is 15.0 Å². The quantitative estimate of drug-likeness (QED) is 0.385.